The summed E-state index contributed by atoms with van der Waals surface area (Å²) >= 11 is 0. The summed E-state index contributed by atoms with van der Waals surface area (Å²) in [5.74, 6) is 2.02. The van der Waals surface area contributed by atoms with Crippen LogP contribution >= 0.6 is 0 Å². The van der Waals surface area contributed by atoms with E-state index in [1.165, 1.54) is 162 Å². The minimum Gasteiger partial charge on any atom is -0.208 e. The third-order valence-electron chi connectivity index (χ3n) is 18.8. The van der Waals surface area contributed by atoms with Crippen LogP contribution in [0.2, 0.25) is 0 Å². The van der Waals surface area contributed by atoms with Crippen molar-refractivity contribution in [1.82, 2.24) is 15.0 Å². The van der Waals surface area contributed by atoms with Crippen molar-refractivity contribution in [1.29, 1.82) is 0 Å². The van der Waals surface area contributed by atoms with Gasteiger partial charge in [-0.3, -0.25) is 0 Å². The molecule has 1 aromatic heterocycles. The molecule has 3 nitrogen and oxygen atoms in total. The summed E-state index contributed by atoms with van der Waals surface area (Å²) in [4.78, 5) is 15.4. The Labute approximate surface area is 439 Å². The van der Waals surface area contributed by atoms with Crippen LogP contribution in [0.3, 0.4) is 0 Å². The van der Waals surface area contributed by atoms with E-state index in [1.807, 2.05) is 36.4 Å². The zero-order valence-electron chi connectivity index (χ0n) is 42.6. The number of benzene rings is 10. The molecule has 0 aliphatic heterocycles. The normalized spacial score (nSPS) is 16.6. The minimum atomic E-state index is -0.322. The van der Waals surface area contributed by atoms with Gasteiger partial charge in [0.25, 0.3) is 0 Å². The predicted molar refractivity (Wildman–Crippen MR) is 309 cm³/mol. The number of hydrogen-bond acceptors (Lipinski definition) is 3. The standard InChI is InChI=1S/C72H55N3/c1-70(2)61-41-48(69-74-67(44-19-5-3-6-20-44)73-68(75-69)45-21-7-4-8-22-45)31-34-53(61)56-42-57-58(43-62(56)70)66(47-30-33-52-50-24-12-14-28-60(50)72(64(52)40-47)37-17-18-38-72)55-26-10-9-25-54(55)65(57)46-29-32-51-49-23-11-13-27-59(49)71(63(51)39-46)35-15-16-36-71/h3-14,19-34,39-43H,15-18,35-38H2,1-2H3. The second-order valence-corrected chi connectivity index (χ2v) is 22.9. The van der Waals surface area contributed by atoms with Crippen LogP contribution in [0, 0.1) is 0 Å². The molecule has 75 heavy (non-hydrogen) atoms. The Hall–Kier alpha value is -8.27. The first-order valence-electron chi connectivity index (χ1n) is 27.4. The van der Waals surface area contributed by atoms with Crippen molar-refractivity contribution in [2.75, 3.05) is 0 Å². The SMILES string of the molecule is CC1(C)c2cc(-c3nc(-c4ccccc4)nc(-c4ccccc4)n3)ccc2-c2cc3c(-c4ccc5c(c4)C4(CCCC4)c4ccccc4-5)c4ccccc4c(-c4ccc5c(c4)C4(CCCC4)c4ccccc4-5)c3cc21. The molecule has 5 aliphatic rings. The molecule has 358 valence electrons. The number of nitrogens with zero attached hydrogens (tertiary/aromatic N) is 3. The molecule has 2 fully saturated rings. The molecule has 1 heterocycles. The summed E-state index contributed by atoms with van der Waals surface area (Å²) in [6.45, 7) is 4.84. The number of rotatable bonds is 5. The van der Waals surface area contributed by atoms with Gasteiger partial charge in [-0.15, -0.1) is 0 Å². The summed E-state index contributed by atoms with van der Waals surface area (Å²) in [5, 5.41) is 5.24. The molecular formula is C72H55N3. The third kappa shape index (κ3) is 6.07. The lowest BCUT2D eigenvalue weighted by Gasteiger charge is -2.28. The Morgan fingerprint density at radius 1 is 0.280 bits per heavy atom. The second kappa shape index (κ2) is 15.9. The van der Waals surface area contributed by atoms with Crippen LogP contribution < -0.4 is 0 Å². The lowest BCUT2D eigenvalue weighted by atomic mass is 9.75. The zero-order chi connectivity index (χ0) is 49.6. The maximum absolute atomic E-state index is 5.19. The molecule has 0 saturated heterocycles. The molecule has 0 bridgehead atoms. The van der Waals surface area contributed by atoms with Crippen molar-refractivity contribution >= 4 is 21.5 Å². The van der Waals surface area contributed by atoms with Gasteiger partial charge < -0.3 is 0 Å². The van der Waals surface area contributed by atoms with E-state index < -0.39 is 0 Å². The van der Waals surface area contributed by atoms with Crippen LogP contribution in [0.25, 0.3) is 111 Å². The molecular weight excluding hydrogens is 907 g/mol. The summed E-state index contributed by atoms with van der Waals surface area (Å²) in [5.41, 5.74) is 25.0. The van der Waals surface area contributed by atoms with Crippen molar-refractivity contribution in [2.45, 2.75) is 81.5 Å². The first-order chi connectivity index (χ1) is 36.9. The van der Waals surface area contributed by atoms with Crippen LogP contribution in [-0.4, -0.2) is 15.0 Å². The Morgan fingerprint density at radius 2 is 0.653 bits per heavy atom. The van der Waals surface area contributed by atoms with Crippen molar-refractivity contribution in [3.8, 4) is 89.8 Å². The quantitative estimate of drug-likeness (QED) is 0.161. The van der Waals surface area contributed by atoms with Gasteiger partial charge in [0, 0.05) is 32.9 Å². The molecule has 3 heteroatoms. The maximum atomic E-state index is 5.19. The molecule has 2 saturated carbocycles. The molecule has 0 N–H and O–H groups in total. The molecule has 5 aliphatic carbocycles. The van der Waals surface area contributed by atoms with E-state index in [1.54, 1.807) is 0 Å². The highest BCUT2D eigenvalue weighted by atomic mass is 15.0. The van der Waals surface area contributed by atoms with Gasteiger partial charge >= 0.3 is 0 Å². The largest absolute Gasteiger partial charge is 0.208 e. The Morgan fingerprint density at radius 3 is 1.16 bits per heavy atom. The van der Waals surface area contributed by atoms with Gasteiger partial charge in [0.1, 0.15) is 0 Å². The van der Waals surface area contributed by atoms with Gasteiger partial charge in [0.15, 0.2) is 17.5 Å². The third-order valence-corrected chi connectivity index (χ3v) is 18.8. The van der Waals surface area contributed by atoms with Crippen LogP contribution in [0.4, 0.5) is 0 Å². The average molecular weight is 962 g/mol. The Bertz CT molecular complexity index is 4150. The summed E-state index contributed by atoms with van der Waals surface area (Å²) in [7, 11) is 0. The molecule has 0 radical (unpaired) electrons. The number of fused-ring (bicyclic) bond motifs is 15. The summed E-state index contributed by atoms with van der Waals surface area (Å²) < 4.78 is 0. The number of aromatic nitrogens is 3. The molecule has 16 rings (SSSR count). The maximum Gasteiger partial charge on any atom is 0.164 e. The molecule has 10 aromatic carbocycles. The van der Waals surface area contributed by atoms with Crippen molar-refractivity contribution in [3.05, 3.63) is 234 Å². The highest BCUT2D eigenvalue weighted by Crippen LogP contribution is 2.61. The second-order valence-electron chi connectivity index (χ2n) is 22.9. The van der Waals surface area contributed by atoms with E-state index in [0.29, 0.717) is 17.5 Å². The highest BCUT2D eigenvalue weighted by molar-refractivity contribution is 6.23. The van der Waals surface area contributed by atoms with Crippen LogP contribution in [0.15, 0.2) is 200 Å². The lowest BCUT2D eigenvalue weighted by molar-refractivity contribution is 0.550. The average Bonchev–Trinajstić information content (AvgIpc) is 4.31. The minimum absolute atomic E-state index is 0.0653. The van der Waals surface area contributed by atoms with Crippen molar-refractivity contribution in [2.24, 2.45) is 0 Å². The first kappa shape index (κ1) is 43.2. The first-order valence-corrected chi connectivity index (χ1v) is 27.4. The van der Waals surface area contributed by atoms with Gasteiger partial charge in [0.2, 0.25) is 0 Å². The van der Waals surface area contributed by atoms with Crippen LogP contribution in [-0.2, 0) is 16.2 Å². The van der Waals surface area contributed by atoms with E-state index in [0.717, 1.165) is 16.7 Å². The topological polar surface area (TPSA) is 38.7 Å². The summed E-state index contributed by atoms with van der Waals surface area (Å²) in [6.07, 6.45) is 9.90. The van der Waals surface area contributed by atoms with Gasteiger partial charge in [-0.05, 0) is 167 Å². The molecule has 0 unspecified atom stereocenters. The van der Waals surface area contributed by atoms with E-state index in [2.05, 4.69) is 178 Å². The predicted octanol–water partition coefficient (Wildman–Crippen LogP) is 18.5. The van der Waals surface area contributed by atoms with E-state index in [4.69, 9.17) is 15.0 Å². The fraction of sp³-hybridized carbons (Fsp3) is 0.181. The smallest absolute Gasteiger partial charge is 0.164 e. The van der Waals surface area contributed by atoms with E-state index >= 15 is 0 Å². The van der Waals surface area contributed by atoms with Gasteiger partial charge in [-0.2, -0.15) is 0 Å². The van der Waals surface area contributed by atoms with Crippen molar-refractivity contribution < 1.29 is 0 Å². The fourth-order valence-electron chi connectivity index (χ4n) is 15.4. The van der Waals surface area contributed by atoms with E-state index in [-0.39, 0.29) is 16.2 Å². The Balaban J connectivity index is 0.940. The molecule has 0 amide bonds. The molecule has 11 aromatic rings. The highest BCUT2D eigenvalue weighted by Gasteiger charge is 2.47. The zero-order valence-corrected chi connectivity index (χ0v) is 42.6. The van der Waals surface area contributed by atoms with Gasteiger partial charge in [0.05, 0.1) is 0 Å². The van der Waals surface area contributed by atoms with Crippen molar-refractivity contribution in [3.63, 3.8) is 0 Å². The van der Waals surface area contributed by atoms with Gasteiger partial charge in [-0.1, -0.05) is 209 Å². The van der Waals surface area contributed by atoms with Crippen LogP contribution in [0.5, 0.6) is 0 Å². The molecule has 0 atom stereocenters. The van der Waals surface area contributed by atoms with Gasteiger partial charge in [-0.25, -0.2) is 15.0 Å². The van der Waals surface area contributed by atoms with Crippen LogP contribution in [0.1, 0.15) is 98.6 Å². The molecule has 2 spiro atoms. The summed E-state index contributed by atoms with van der Waals surface area (Å²) in [6, 6.07) is 75.7. The monoisotopic (exact) mass is 961 g/mol. The lowest BCUT2D eigenvalue weighted by Crippen LogP contribution is -2.20. The van der Waals surface area contributed by atoms with E-state index in [9.17, 15) is 0 Å². The fourth-order valence-corrected chi connectivity index (χ4v) is 15.4. The Kier molecular flexibility index (Phi) is 9.13. The number of hydrogen-bond donors (Lipinski definition) is 0.